The molecule has 3 aromatic rings. The molecule has 0 unspecified atom stereocenters. The van der Waals surface area contributed by atoms with E-state index in [4.69, 9.17) is 4.42 Å². The molecule has 0 aliphatic carbocycles. The first-order valence-electron chi connectivity index (χ1n) is 9.63. The van der Waals surface area contributed by atoms with E-state index < -0.39 is 5.41 Å². The van der Waals surface area contributed by atoms with Crippen molar-refractivity contribution in [2.75, 3.05) is 0 Å². The zero-order valence-electron chi connectivity index (χ0n) is 17.3. The van der Waals surface area contributed by atoms with Gasteiger partial charge in [0.15, 0.2) is 5.78 Å². The molecule has 2 heterocycles. The zero-order valence-corrected chi connectivity index (χ0v) is 18.1. The summed E-state index contributed by atoms with van der Waals surface area (Å²) in [4.78, 5) is 25.8. The highest BCUT2D eigenvalue weighted by Crippen LogP contribution is 2.26. The quantitative estimate of drug-likeness (QED) is 0.663. The largest absolute Gasteiger partial charge is 0.460 e. The van der Waals surface area contributed by atoms with Gasteiger partial charge in [-0.1, -0.05) is 45.9 Å². The standard InChI is InChI=1S/C23H24N2O3S/c1-6-17-15(14-10-8-9-11-18(14)28-17)12-19-21(27)25(7-2)22(29-19)16(13-24)20(26)23(3,4)5/h8-12H,6-7H2,1-5H3/b19-12-,22-16-. The third-order valence-corrected chi connectivity index (χ3v) is 5.90. The lowest BCUT2D eigenvalue weighted by molar-refractivity contribution is -0.120. The molecule has 0 atom stereocenters. The minimum atomic E-state index is -0.705. The Morgan fingerprint density at radius 2 is 1.97 bits per heavy atom. The molecule has 2 aromatic heterocycles. The van der Waals surface area contributed by atoms with Gasteiger partial charge in [0.05, 0.1) is 4.53 Å². The second kappa shape index (κ2) is 7.84. The van der Waals surface area contributed by atoms with E-state index in [0.29, 0.717) is 22.2 Å². The van der Waals surface area contributed by atoms with Crippen molar-refractivity contribution in [1.82, 2.24) is 4.57 Å². The number of benzene rings is 1. The third-order valence-electron chi connectivity index (χ3n) is 4.77. The normalized spacial score (nSPS) is 13.6. The Morgan fingerprint density at radius 3 is 2.55 bits per heavy atom. The average Bonchev–Trinajstić information content (AvgIpc) is 3.19. The number of para-hydroxylation sites is 1. The molecule has 0 radical (unpaired) electrons. The van der Waals surface area contributed by atoms with Crippen molar-refractivity contribution in [3.05, 3.63) is 55.1 Å². The molecule has 0 N–H and O–H groups in total. The lowest BCUT2D eigenvalue weighted by atomic mass is 9.87. The lowest BCUT2D eigenvalue weighted by Gasteiger charge is -2.15. The molecule has 5 nitrogen and oxygen atoms in total. The smallest absolute Gasteiger partial charge is 0.269 e. The highest BCUT2D eigenvalue weighted by molar-refractivity contribution is 7.07. The molecule has 0 spiro atoms. The number of nitrogens with zero attached hydrogens (tertiary/aromatic N) is 2. The van der Waals surface area contributed by atoms with E-state index in [2.05, 4.69) is 0 Å². The number of ketones is 1. The highest BCUT2D eigenvalue weighted by Gasteiger charge is 2.27. The molecule has 150 valence electrons. The molecule has 29 heavy (non-hydrogen) atoms. The summed E-state index contributed by atoms with van der Waals surface area (Å²) in [6.07, 6.45) is 2.52. The van der Waals surface area contributed by atoms with Crippen LogP contribution in [0.5, 0.6) is 0 Å². The Morgan fingerprint density at radius 1 is 1.28 bits per heavy atom. The summed E-state index contributed by atoms with van der Waals surface area (Å²) in [7, 11) is 0. The van der Waals surface area contributed by atoms with Crippen LogP contribution in [-0.2, 0) is 17.8 Å². The minimum Gasteiger partial charge on any atom is -0.460 e. The van der Waals surface area contributed by atoms with Gasteiger partial charge in [-0.05, 0) is 19.1 Å². The maximum atomic E-state index is 13.1. The number of hydrogen-bond donors (Lipinski definition) is 0. The van der Waals surface area contributed by atoms with Gasteiger partial charge in [0.1, 0.15) is 27.6 Å². The number of nitriles is 1. The van der Waals surface area contributed by atoms with E-state index in [9.17, 15) is 14.9 Å². The Balaban J connectivity index is 2.38. The van der Waals surface area contributed by atoms with Crippen molar-refractivity contribution in [2.24, 2.45) is 5.41 Å². The minimum absolute atomic E-state index is 0.0360. The molecule has 3 rings (SSSR count). The highest BCUT2D eigenvalue weighted by atomic mass is 32.1. The summed E-state index contributed by atoms with van der Waals surface area (Å²) >= 11 is 1.19. The topological polar surface area (TPSA) is 76.0 Å². The Bertz CT molecular complexity index is 1310. The zero-order chi connectivity index (χ0) is 21.3. The predicted molar refractivity (Wildman–Crippen MR) is 116 cm³/mol. The first kappa shape index (κ1) is 20.8. The number of hydrogen-bond acceptors (Lipinski definition) is 5. The van der Waals surface area contributed by atoms with Gasteiger partial charge in [0.25, 0.3) is 5.56 Å². The fourth-order valence-corrected chi connectivity index (χ4v) is 4.38. The van der Waals surface area contributed by atoms with E-state index >= 15 is 0 Å². The van der Waals surface area contributed by atoms with Crippen LogP contribution >= 0.6 is 11.3 Å². The number of aromatic nitrogens is 1. The summed E-state index contributed by atoms with van der Waals surface area (Å²) in [5.74, 6) is 0.539. The predicted octanol–water partition coefficient (Wildman–Crippen LogP) is 3.36. The van der Waals surface area contributed by atoms with Crippen LogP contribution < -0.4 is 14.8 Å². The van der Waals surface area contributed by atoms with Crippen LogP contribution in [0.3, 0.4) is 0 Å². The van der Waals surface area contributed by atoms with Gasteiger partial charge in [0.2, 0.25) is 0 Å². The number of carbonyl (C=O) groups excluding carboxylic acids is 1. The summed E-state index contributed by atoms with van der Waals surface area (Å²) in [5, 5.41) is 10.6. The van der Waals surface area contributed by atoms with Gasteiger partial charge in [-0.15, -0.1) is 11.3 Å². The average molecular weight is 409 g/mol. The first-order chi connectivity index (χ1) is 13.7. The van der Waals surface area contributed by atoms with E-state index in [1.165, 1.54) is 15.9 Å². The van der Waals surface area contributed by atoms with E-state index in [-0.39, 0.29) is 16.9 Å². The Hall–Kier alpha value is -2.91. The van der Waals surface area contributed by atoms with Gasteiger partial charge < -0.3 is 4.42 Å². The van der Waals surface area contributed by atoms with Crippen molar-refractivity contribution in [3.8, 4) is 6.07 Å². The summed E-state index contributed by atoms with van der Waals surface area (Å²) in [6.45, 7) is 9.53. The molecule has 0 saturated heterocycles. The van der Waals surface area contributed by atoms with Crippen molar-refractivity contribution >= 4 is 39.7 Å². The lowest BCUT2D eigenvalue weighted by Crippen LogP contribution is -2.33. The van der Waals surface area contributed by atoms with Crippen LogP contribution in [0.2, 0.25) is 0 Å². The number of carbonyl (C=O) groups is 1. The summed E-state index contributed by atoms with van der Waals surface area (Å²) in [5.41, 5.74) is 0.777. The van der Waals surface area contributed by atoms with Crippen LogP contribution in [0, 0.1) is 16.7 Å². The number of aryl methyl sites for hydroxylation is 1. The monoisotopic (exact) mass is 408 g/mol. The molecule has 0 bridgehead atoms. The molecular weight excluding hydrogens is 384 g/mol. The molecule has 0 fully saturated rings. The maximum Gasteiger partial charge on any atom is 0.269 e. The van der Waals surface area contributed by atoms with Gasteiger partial charge in [-0.25, -0.2) is 0 Å². The molecule has 0 aliphatic rings. The molecule has 6 heteroatoms. The number of furan rings is 1. The van der Waals surface area contributed by atoms with Crippen molar-refractivity contribution in [2.45, 2.75) is 47.6 Å². The number of rotatable bonds is 4. The SMILES string of the molecule is CCc1oc2ccccc2c1/C=c1\s/c(=C(/C#N)C(=O)C(C)(C)C)n(CC)c1=O. The van der Waals surface area contributed by atoms with Gasteiger partial charge >= 0.3 is 0 Å². The molecular formula is C23H24N2O3S. The van der Waals surface area contributed by atoms with Crippen molar-refractivity contribution in [1.29, 1.82) is 5.26 Å². The first-order valence-corrected chi connectivity index (χ1v) is 10.5. The van der Waals surface area contributed by atoms with Crippen LogP contribution in [0.1, 0.15) is 45.9 Å². The van der Waals surface area contributed by atoms with Crippen LogP contribution in [0.4, 0.5) is 0 Å². The third kappa shape index (κ3) is 3.70. The van der Waals surface area contributed by atoms with Crippen LogP contribution in [0.25, 0.3) is 22.6 Å². The van der Waals surface area contributed by atoms with Crippen molar-refractivity contribution < 1.29 is 9.21 Å². The number of Topliss-reactive ketones (excluding diaryl/α,β-unsaturated/α-hetero) is 1. The number of fused-ring (bicyclic) bond motifs is 1. The van der Waals surface area contributed by atoms with E-state index in [0.717, 1.165) is 22.3 Å². The molecule has 0 saturated carbocycles. The van der Waals surface area contributed by atoms with E-state index in [1.54, 1.807) is 20.8 Å². The summed E-state index contributed by atoms with van der Waals surface area (Å²) < 4.78 is 8.33. The number of thiazole rings is 1. The summed E-state index contributed by atoms with van der Waals surface area (Å²) in [6, 6.07) is 9.75. The maximum absolute atomic E-state index is 13.1. The van der Waals surface area contributed by atoms with E-state index in [1.807, 2.05) is 50.3 Å². The second-order valence-corrected chi connectivity index (χ2v) is 8.85. The molecule has 1 aromatic carbocycles. The Kier molecular flexibility index (Phi) is 5.63. The van der Waals surface area contributed by atoms with Gasteiger partial charge in [-0.3, -0.25) is 14.2 Å². The Labute approximate surface area is 173 Å². The molecule has 0 aliphatic heterocycles. The second-order valence-electron chi connectivity index (χ2n) is 7.82. The van der Waals surface area contributed by atoms with Crippen LogP contribution in [0.15, 0.2) is 33.5 Å². The van der Waals surface area contributed by atoms with Gasteiger partial charge in [-0.2, -0.15) is 5.26 Å². The fourth-order valence-electron chi connectivity index (χ4n) is 3.23. The van der Waals surface area contributed by atoms with Gasteiger partial charge in [0, 0.05) is 29.3 Å². The van der Waals surface area contributed by atoms with Crippen molar-refractivity contribution in [3.63, 3.8) is 0 Å². The van der Waals surface area contributed by atoms with Crippen LogP contribution in [-0.4, -0.2) is 10.4 Å². The molecule has 0 amide bonds. The fraction of sp³-hybridized carbons (Fsp3) is 0.348.